The second-order valence-electron chi connectivity index (χ2n) is 6.12. The van der Waals surface area contributed by atoms with Gasteiger partial charge in [-0.3, -0.25) is 4.79 Å². The lowest BCUT2D eigenvalue weighted by atomic mass is 9.78. The summed E-state index contributed by atoms with van der Waals surface area (Å²) < 4.78 is 6.44. The minimum Gasteiger partial charge on any atom is -0.426 e. The molecule has 0 saturated carbocycles. The summed E-state index contributed by atoms with van der Waals surface area (Å²) in [5.74, 6) is 0.237. The van der Waals surface area contributed by atoms with E-state index in [1.807, 2.05) is 36.4 Å². The van der Waals surface area contributed by atoms with Crippen LogP contribution in [0, 0.1) is 9.87 Å². The zero-order valence-corrected chi connectivity index (χ0v) is 15.4. The fraction of sp³-hybridized carbons (Fsp3) is 0.158. The van der Waals surface area contributed by atoms with Crippen molar-refractivity contribution in [3.63, 3.8) is 0 Å². The third kappa shape index (κ3) is 2.39. The second kappa shape index (κ2) is 5.83. The minimum atomic E-state index is -0.253. The largest absolute Gasteiger partial charge is 0.426 e. The Morgan fingerprint density at radius 2 is 1.80 bits per heavy atom. The molecule has 25 heavy (non-hydrogen) atoms. The van der Waals surface area contributed by atoms with E-state index >= 15 is 0 Å². The lowest BCUT2D eigenvalue weighted by Gasteiger charge is -2.39. The number of ether oxygens (including phenoxy) is 1. The van der Waals surface area contributed by atoms with Crippen LogP contribution in [0.2, 0.25) is 0 Å². The molecule has 124 valence electrons. The van der Waals surface area contributed by atoms with Gasteiger partial charge in [-0.1, -0.05) is 60.3 Å². The molecule has 0 spiro atoms. The van der Waals surface area contributed by atoms with E-state index in [2.05, 4.69) is 23.2 Å². The number of nitrogens with one attached hydrogen (secondary N) is 1. The molecule has 0 radical (unpaired) electrons. The molecule has 5 rings (SSSR count). The number of carbonyl (C=O) groups is 1. The van der Waals surface area contributed by atoms with Crippen LogP contribution >= 0.6 is 35.3 Å². The Kier molecular flexibility index (Phi) is 3.58. The molecule has 2 aliphatic heterocycles. The van der Waals surface area contributed by atoms with Crippen molar-refractivity contribution in [2.75, 3.05) is 0 Å². The number of fused-ring (bicyclic) bond motifs is 5. The van der Waals surface area contributed by atoms with E-state index in [4.69, 9.17) is 17.0 Å². The van der Waals surface area contributed by atoms with Crippen LogP contribution in [-0.2, 0) is 4.79 Å². The monoisotopic (exact) mass is 383 g/mol. The first-order valence-electron chi connectivity index (χ1n) is 7.97. The van der Waals surface area contributed by atoms with Gasteiger partial charge in [-0.05, 0) is 23.8 Å². The van der Waals surface area contributed by atoms with E-state index < -0.39 is 0 Å². The molecule has 0 bridgehead atoms. The van der Waals surface area contributed by atoms with Gasteiger partial charge in [-0.25, -0.2) is 0 Å². The standard InChI is InChI=1S/C19H13NO2S3/c21-18-14-13(11-8-4-5-9-12(11)22-18)16-17(20-19(23)25-16)24-15(14)10-6-2-1-3-7-10/h1-9,13-15H,(H,20,23)/t13-,14-,15-/m1/s1. The molecule has 3 atom stereocenters. The third-order valence-electron chi connectivity index (χ3n) is 4.72. The molecule has 1 aromatic heterocycles. The lowest BCUT2D eigenvalue weighted by molar-refractivity contribution is -0.140. The van der Waals surface area contributed by atoms with Gasteiger partial charge in [-0.15, -0.1) is 11.3 Å². The summed E-state index contributed by atoms with van der Waals surface area (Å²) in [7, 11) is 0. The number of para-hydroxylation sites is 1. The summed E-state index contributed by atoms with van der Waals surface area (Å²) in [6, 6.07) is 18.0. The molecular formula is C19H13NO2S3. The molecule has 0 aliphatic carbocycles. The zero-order valence-electron chi connectivity index (χ0n) is 13.0. The highest BCUT2D eigenvalue weighted by Crippen LogP contribution is 2.59. The first kappa shape index (κ1) is 15.4. The number of aromatic amines is 1. The third-order valence-corrected chi connectivity index (χ3v) is 7.54. The van der Waals surface area contributed by atoms with Gasteiger partial charge in [0.2, 0.25) is 0 Å². The van der Waals surface area contributed by atoms with Gasteiger partial charge in [0.25, 0.3) is 0 Å². The van der Waals surface area contributed by atoms with E-state index in [1.54, 1.807) is 23.1 Å². The first-order valence-corrected chi connectivity index (χ1v) is 10.1. The maximum Gasteiger partial charge on any atom is 0.316 e. The number of esters is 1. The minimum absolute atomic E-state index is 0.000180. The van der Waals surface area contributed by atoms with Crippen molar-refractivity contribution in [3.8, 4) is 5.75 Å². The van der Waals surface area contributed by atoms with Gasteiger partial charge in [0, 0.05) is 16.4 Å². The van der Waals surface area contributed by atoms with Gasteiger partial charge in [0.05, 0.1) is 16.2 Å². The van der Waals surface area contributed by atoms with Crippen LogP contribution in [-0.4, -0.2) is 11.0 Å². The van der Waals surface area contributed by atoms with E-state index in [0.717, 1.165) is 25.0 Å². The molecule has 0 amide bonds. The Morgan fingerprint density at radius 3 is 2.64 bits per heavy atom. The molecule has 2 aromatic carbocycles. The van der Waals surface area contributed by atoms with E-state index in [0.29, 0.717) is 5.75 Å². The average Bonchev–Trinajstić information content (AvgIpc) is 3.01. The van der Waals surface area contributed by atoms with E-state index in [1.165, 1.54) is 0 Å². The predicted molar refractivity (Wildman–Crippen MR) is 102 cm³/mol. The average molecular weight is 384 g/mol. The van der Waals surface area contributed by atoms with Crippen molar-refractivity contribution in [2.45, 2.75) is 16.2 Å². The van der Waals surface area contributed by atoms with Crippen LogP contribution in [0.15, 0.2) is 59.6 Å². The molecule has 3 aromatic rings. The number of carbonyl (C=O) groups excluding carboxylic acids is 1. The van der Waals surface area contributed by atoms with Crippen LogP contribution in [0.3, 0.4) is 0 Å². The van der Waals surface area contributed by atoms with Gasteiger partial charge in [0.15, 0.2) is 3.95 Å². The van der Waals surface area contributed by atoms with Crippen LogP contribution in [0.25, 0.3) is 0 Å². The van der Waals surface area contributed by atoms with Crippen molar-refractivity contribution >= 4 is 41.3 Å². The highest BCUT2D eigenvalue weighted by molar-refractivity contribution is 7.99. The van der Waals surface area contributed by atoms with Gasteiger partial charge < -0.3 is 9.72 Å². The van der Waals surface area contributed by atoms with Crippen molar-refractivity contribution in [3.05, 3.63) is 74.6 Å². The lowest BCUT2D eigenvalue weighted by Crippen LogP contribution is -2.37. The number of rotatable bonds is 1. The maximum absolute atomic E-state index is 12.9. The normalized spacial score (nSPS) is 24.0. The molecular weight excluding hydrogens is 370 g/mol. The topological polar surface area (TPSA) is 42.1 Å². The highest BCUT2D eigenvalue weighted by Gasteiger charge is 2.49. The summed E-state index contributed by atoms with van der Waals surface area (Å²) in [6.07, 6.45) is 0. The Balaban J connectivity index is 1.75. The van der Waals surface area contributed by atoms with Crippen molar-refractivity contribution in [1.82, 2.24) is 4.98 Å². The van der Waals surface area contributed by atoms with Crippen LogP contribution in [0.5, 0.6) is 5.75 Å². The summed E-state index contributed by atoms with van der Waals surface area (Å²) >= 11 is 8.64. The first-order chi connectivity index (χ1) is 12.2. The fourth-order valence-corrected chi connectivity index (χ4v) is 6.71. The van der Waals surface area contributed by atoms with Crippen molar-refractivity contribution < 1.29 is 9.53 Å². The molecule has 6 heteroatoms. The van der Waals surface area contributed by atoms with Crippen LogP contribution in [0.1, 0.15) is 27.2 Å². The Labute approximate surface area is 158 Å². The molecule has 3 nitrogen and oxygen atoms in total. The summed E-state index contributed by atoms with van der Waals surface area (Å²) in [4.78, 5) is 17.4. The highest BCUT2D eigenvalue weighted by atomic mass is 32.2. The van der Waals surface area contributed by atoms with Crippen LogP contribution in [0.4, 0.5) is 0 Å². The molecule has 0 unspecified atom stereocenters. The maximum atomic E-state index is 12.9. The van der Waals surface area contributed by atoms with Crippen LogP contribution < -0.4 is 4.74 Å². The number of H-pyrrole nitrogens is 1. The van der Waals surface area contributed by atoms with Crippen molar-refractivity contribution in [2.24, 2.45) is 5.92 Å². The van der Waals surface area contributed by atoms with Gasteiger partial charge in [-0.2, -0.15) is 0 Å². The molecule has 0 saturated heterocycles. The number of aromatic nitrogens is 1. The van der Waals surface area contributed by atoms with Gasteiger partial charge in [0.1, 0.15) is 5.75 Å². The SMILES string of the molecule is O=C1Oc2ccccc2[C@H]2c3sc(=S)[nH]c3S[C@H](c3ccccc3)[C@H]12. The van der Waals surface area contributed by atoms with Gasteiger partial charge >= 0.3 is 5.97 Å². The number of thioether (sulfide) groups is 1. The number of thiazole rings is 1. The Hall–Kier alpha value is -1.89. The molecule has 1 N–H and O–H groups in total. The number of hydrogen-bond donors (Lipinski definition) is 1. The zero-order chi connectivity index (χ0) is 17.0. The van der Waals surface area contributed by atoms with E-state index in [9.17, 15) is 4.79 Å². The molecule has 3 heterocycles. The quantitative estimate of drug-likeness (QED) is 0.351. The molecule has 2 aliphatic rings. The molecule has 0 fully saturated rings. The summed E-state index contributed by atoms with van der Waals surface area (Å²) in [5.41, 5.74) is 2.20. The smallest absolute Gasteiger partial charge is 0.316 e. The summed E-state index contributed by atoms with van der Waals surface area (Å²) in [6.45, 7) is 0. The summed E-state index contributed by atoms with van der Waals surface area (Å²) in [5, 5.41) is 1.08. The van der Waals surface area contributed by atoms with E-state index in [-0.39, 0.29) is 23.1 Å². The Morgan fingerprint density at radius 1 is 1.04 bits per heavy atom. The number of hydrogen-bond acceptors (Lipinski definition) is 5. The fourth-order valence-electron chi connectivity index (χ4n) is 3.68. The number of benzene rings is 2. The Bertz CT molecular complexity index is 1020. The predicted octanol–water partition coefficient (Wildman–Crippen LogP) is 5.32. The second-order valence-corrected chi connectivity index (χ2v) is 8.99. The van der Waals surface area contributed by atoms with Crippen molar-refractivity contribution in [1.29, 1.82) is 0 Å².